The lowest BCUT2D eigenvalue weighted by molar-refractivity contribution is -0.183. The molecule has 184 valence electrons. The summed E-state index contributed by atoms with van der Waals surface area (Å²) in [4.78, 5) is 6.16. The van der Waals surface area contributed by atoms with Gasteiger partial charge in [-0.15, -0.1) is 10.2 Å². The highest BCUT2D eigenvalue weighted by atomic mass is 19.4. The number of pyridine rings is 2. The number of aryl methyl sites for hydroxylation is 1. The Bertz CT molecular complexity index is 1570. The van der Waals surface area contributed by atoms with Crippen LogP contribution >= 0.6 is 0 Å². The molecule has 1 unspecified atom stereocenters. The molecule has 5 aromatic rings. The Kier molecular flexibility index (Phi) is 5.27. The van der Waals surface area contributed by atoms with E-state index >= 15 is 0 Å². The number of rotatable bonds is 4. The number of nitrogens with two attached hydrogens (primary N) is 1. The smallest absolute Gasteiger partial charge is 0.326 e. The number of benzene rings is 1. The van der Waals surface area contributed by atoms with Gasteiger partial charge in [0.05, 0.1) is 11.7 Å². The van der Waals surface area contributed by atoms with E-state index in [1.165, 1.54) is 17.2 Å². The molecule has 0 spiro atoms. The molecule has 6 rings (SSSR count). The second-order valence-electron chi connectivity index (χ2n) is 9.21. The fourth-order valence-corrected chi connectivity index (χ4v) is 4.89. The van der Waals surface area contributed by atoms with E-state index in [2.05, 4.69) is 15.3 Å². The van der Waals surface area contributed by atoms with Gasteiger partial charge in [0, 0.05) is 49.5 Å². The molecule has 11 heteroatoms. The first kappa shape index (κ1) is 22.6. The summed E-state index contributed by atoms with van der Waals surface area (Å²) >= 11 is 0. The van der Waals surface area contributed by atoms with Crippen LogP contribution in [0.1, 0.15) is 18.0 Å². The third-order valence-electron chi connectivity index (χ3n) is 6.63. The van der Waals surface area contributed by atoms with E-state index in [-0.39, 0.29) is 18.2 Å². The van der Waals surface area contributed by atoms with Gasteiger partial charge in [-0.2, -0.15) is 18.3 Å². The van der Waals surface area contributed by atoms with Gasteiger partial charge in [0.1, 0.15) is 11.7 Å². The van der Waals surface area contributed by atoms with Crippen molar-refractivity contribution in [3.8, 4) is 22.6 Å². The molecule has 2 N–H and O–H groups in total. The zero-order valence-corrected chi connectivity index (χ0v) is 19.4. The van der Waals surface area contributed by atoms with E-state index in [0.717, 1.165) is 22.0 Å². The van der Waals surface area contributed by atoms with Crippen molar-refractivity contribution >= 4 is 16.6 Å². The maximum absolute atomic E-state index is 14.1. The second-order valence-corrected chi connectivity index (χ2v) is 9.21. The fraction of sp³-hybridized carbons (Fsp3) is 0.280. The van der Waals surface area contributed by atoms with E-state index in [0.29, 0.717) is 30.1 Å². The van der Waals surface area contributed by atoms with Crippen LogP contribution in [0.25, 0.3) is 39.2 Å². The fourth-order valence-electron chi connectivity index (χ4n) is 4.89. The van der Waals surface area contributed by atoms with Crippen molar-refractivity contribution in [2.45, 2.75) is 24.7 Å². The van der Waals surface area contributed by atoms with Gasteiger partial charge >= 0.3 is 6.18 Å². The molecule has 0 amide bonds. The number of likely N-dealkylation sites (tertiary alicyclic amines) is 1. The summed E-state index contributed by atoms with van der Waals surface area (Å²) in [6.45, 7) is 0.493. The molecular formula is C25H23F3N8. The number of aromatic nitrogens is 6. The summed E-state index contributed by atoms with van der Waals surface area (Å²) in [5.41, 5.74) is 9.64. The van der Waals surface area contributed by atoms with Crippen LogP contribution in [-0.2, 0) is 7.05 Å². The molecule has 2 atom stereocenters. The maximum atomic E-state index is 14.1. The van der Waals surface area contributed by atoms with Crippen molar-refractivity contribution in [1.29, 1.82) is 0 Å². The molecule has 1 aliphatic rings. The molecule has 5 heterocycles. The molecule has 1 aromatic carbocycles. The lowest BCUT2D eigenvalue weighted by Gasteiger charge is -2.30. The van der Waals surface area contributed by atoms with Crippen molar-refractivity contribution < 1.29 is 13.2 Å². The average Bonchev–Trinajstić information content (AvgIpc) is 3.57. The van der Waals surface area contributed by atoms with Crippen LogP contribution in [0.4, 0.5) is 13.2 Å². The highest BCUT2D eigenvalue weighted by Crippen LogP contribution is 2.39. The highest BCUT2D eigenvalue weighted by Gasteiger charge is 2.46. The van der Waals surface area contributed by atoms with Crippen molar-refractivity contribution in [3.63, 3.8) is 0 Å². The average molecular weight is 493 g/mol. The largest absolute Gasteiger partial charge is 0.408 e. The minimum Gasteiger partial charge on any atom is -0.326 e. The highest BCUT2D eigenvalue weighted by molar-refractivity contribution is 5.85. The third-order valence-corrected chi connectivity index (χ3v) is 6.63. The normalized spacial score (nSPS) is 17.9. The van der Waals surface area contributed by atoms with Crippen LogP contribution < -0.4 is 5.73 Å². The van der Waals surface area contributed by atoms with Crippen molar-refractivity contribution in [3.05, 3.63) is 66.6 Å². The molecule has 0 aliphatic carbocycles. The lowest BCUT2D eigenvalue weighted by atomic mass is 10.1. The molecule has 1 saturated heterocycles. The molecule has 4 aromatic heterocycles. The summed E-state index contributed by atoms with van der Waals surface area (Å²) in [5.74, 6) is 0.375. The molecular weight excluding hydrogens is 469 g/mol. The van der Waals surface area contributed by atoms with E-state index in [1.807, 2.05) is 37.5 Å². The van der Waals surface area contributed by atoms with E-state index in [1.54, 1.807) is 27.4 Å². The number of hydrogen-bond acceptors (Lipinski definition) is 6. The first-order valence-electron chi connectivity index (χ1n) is 11.6. The monoisotopic (exact) mass is 492 g/mol. The zero-order valence-electron chi connectivity index (χ0n) is 19.4. The Morgan fingerprint density at radius 2 is 1.86 bits per heavy atom. The summed E-state index contributed by atoms with van der Waals surface area (Å²) in [5, 5.41) is 13.6. The predicted octanol–water partition coefficient (Wildman–Crippen LogP) is 3.98. The molecule has 0 radical (unpaired) electrons. The molecule has 8 nitrogen and oxygen atoms in total. The predicted molar refractivity (Wildman–Crippen MR) is 129 cm³/mol. The third kappa shape index (κ3) is 3.99. The Morgan fingerprint density at radius 3 is 2.58 bits per heavy atom. The van der Waals surface area contributed by atoms with Gasteiger partial charge in [-0.05, 0) is 35.7 Å². The first-order valence-corrected chi connectivity index (χ1v) is 11.6. The van der Waals surface area contributed by atoms with Gasteiger partial charge < -0.3 is 5.73 Å². The van der Waals surface area contributed by atoms with Crippen LogP contribution in [0.3, 0.4) is 0 Å². The van der Waals surface area contributed by atoms with Crippen molar-refractivity contribution in [2.75, 3.05) is 13.1 Å². The second kappa shape index (κ2) is 8.38. The standard InChI is InChI=1S/C25H23F3N8/c1-34-12-18(11-30-34)16-3-2-15-4-6-20(31-21(15)10-16)24-33-32-22-7-5-17(13-36(22)24)23(25(26,27)28)35-9-8-19(29)14-35/h2-7,10-13,19,23H,8-9,14,29H2,1H3/t19-,23?/m0/s1. The summed E-state index contributed by atoms with van der Waals surface area (Å²) in [7, 11) is 1.85. The molecule has 36 heavy (non-hydrogen) atoms. The van der Waals surface area contributed by atoms with E-state index in [9.17, 15) is 13.2 Å². The van der Waals surface area contributed by atoms with Crippen molar-refractivity contribution in [2.24, 2.45) is 12.8 Å². The quantitative estimate of drug-likeness (QED) is 0.408. The van der Waals surface area contributed by atoms with E-state index in [4.69, 9.17) is 10.7 Å². The van der Waals surface area contributed by atoms with Crippen LogP contribution in [-0.4, -0.2) is 59.6 Å². The SMILES string of the molecule is Cn1cc(-c2ccc3ccc(-c4nnc5ccc(C(N6CC[C@H](N)C6)C(F)(F)F)cn45)nc3c2)cn1. The number of nitrogens with zero attached hydrogens (tertiary/aromatic N) is 7. The molecule has 1 fully saturated rings. The van der Waals surface area contributed by atoms with Crippen LogP contribution in [0.15, 0.2) is 61.1 Å². The molecule has 0 saturated carbocycles. The zero-order chi connectivity index (χ0) is 25.0. The maximum Gasteiger partial charge on any atom is 0.408 e. The Labute approximate surface area is 204 Å². The van der Waals surface area contributed by atoms with E-state index < -0.39 is 12.2 Å². The van der Waals surface area contributed by atoms with Gasteiger partial charge in [0.15, 0.2) is 11.5 Å². The minimum atomic E-state index is -4.45. The number of halogens is 3. The van der Waals surface area contributed by atoms with Crippen LogP contribution in [0, 0.1) is 0 Å². The van der Waals surface area contributed by atoms with Gasteiger partial charge in [0.25, 0.3) is 0 Å². The van der Waals surface area contributed by atoms with Gasteiger partial charge in [-0.25, -0.2) is 4.98 Å². The van der Waals surface area contributed by atoms with Crippen LogP contribution in [0.5, 0.6) is 0 Å². The topological polar surface area (TPSA) is 90.2 Å². The Balaban J connectivity index is 1.43. The number of alkyl halides is 3. The molecule has 1 aliphatic heterocycles. The Hall–Kier alpha value is -3.83. The number of fused-ring (bicyclic) bond motifs is 2. The summed E-state index contributed by atoms with van der Waals surface area (Å²) < 4.78 is 45.7. The minimum absolute atomic E-state index is 0.116. The summed E-state index contributed by atoms with van der Waals surface area (Å²) in [6.07, 6.45) is 1.25. The Morgan fingerprint density at radius 1 is 1.03 bits per heavy atom. The number of hydrogen-bond donors (Lipinski definition) is 1. The van der Waals surface area contributed by atoms with Crippen LogP contribution in [0.2, 0.25) is 0 Å². The first-order chi connectivity index (χ1) is 17.3. The van der Waals surface area contributed by atoms with Gasteiger partial charge in [-0.3, -0.25) is 14.0 Å². The van der Waals surface area contributed by atoms with Gasteiger partial charge in [-0.1, -0.05) is 24.3 Å². The lowest BCUT2D eigenvalue weighted by Crippen LogP contribution is -2.38. The van der Waals surface area contributed by atoms with Gasteiger partial charge in [0.2, 0.25) is 0 Å². The summed E-state index contributed by atoms with van der Waals surface area (Å²) in [6, 6.07) is 10.7. The van der Waals surface area contributed by atoms with Crippen molar-refractivity contribution in [1.82, 2.24) is 34.3 Å². The molecule has 0 bridgehead atoms.